The van der Waals surface area contributed by atoms with Gasteiger partial charge in [-0.15, -0.1) is 6.58 Å². The first kappa shape index (κ1) is 12.0. The summed E-state index contributed by atoms with van der Waals surface area (Å²) in [5, 5.41) is 0. The van der Waals surface area contributed by atoms with Crippen molar-refractivity contribution in [3.8, 4) is 0 Å². The maximum atomic E-state index is 5.38. The Kier molecular flexibility index (Phi) is 7.72. The molecule has 0 aromatic carbocycles. The third kappa shape index (κ3) is 5.67. The Hall–Kier alpha value is 0.0500. The number of hydrogen-bond acceptors (Lipinski definition) is 3. The van der Waals surface area contributed by atoms with E-state index >= 15 is 0 Å². The van der Waals surface area contributed by atoms with Crippen LogP contribution in [0, 0.1) is 0 Å². The van der Waals surface area contributed by atoms with E-state index in [1.807, 2.05) is 20.8 Å². The summed E-state index contributed by atoms with van der Waals surface area (Å²) in [6.07, 6.45) is 1.70. The van der Waals surface area contributed by atoms with Gasteiger partial charge in [0.2, 0.25) is 0 Å². The quantitative estimate of drug-likeness (QED) is 0.458. The van der Waals surface area contributed by atoms with E-state index in [-0.39, 0.29) is 6.10 Å². The van der Waals surface area contributed by atoms with Gasteiger partial charge >= 0.3 is 8.60 Å². The highest BCUT2D eigenvalue weighted by atomic mass is 31.2. The first-order chi connectivity index (χ1) is 5.74. The molecule has 0 bridgehead atoms. The summed E-state index contributed by atoms with van der Waals surface area (Å²) in [5.41, 5.74) is 0. The summed E-state index contributed by atoms with van der Waals surface area (Å²) in [7, 11) is -1.18. The van der Waals surface area contributed by atoms with Gasteiger partial charge in [0, 0.05) is 0 Å². The minimum atomic E-state index is -1.18. The van der Waals surface area contributed by atoms with Crippen LogP contribution in [-0.2, 0) is 13.6 Å². The number of rotatable bonds is 7. The average Bonchev–Trinajstić information content (AvgIpc) is 2.05. The van der Waals surface area contributed by atoms with Crippen molar-refractivity contribution >= 4 is 8.60 Å². The van der Waals surface area contributed by atoms with Crippen molar-refractivity contribution in [3.63, 3.8) is 0 Å². The van der Waals surface area contributed by atoms with E-state index in [0.29, 0.717) is 13.2 Å². The lowest BCUT2D eigenvalue weighted by Crippen LogP contribution is -2.03. The molecule has 0 saturated heterocycles. The van der Waals surface area contributed by atoms with E-state index in [0.717, 1.165) is 0 Å². The minimum Gasteiger partial charge on any atom is -0.313 e. The zero-order valence-corrected chi connectivity index (χ0v) is 8.84. The van der Waals surface area contributed by atoms with Crippen molar-refractivity contribution in [1.29, 1.82) is 0 Å². The van der Waals surface area contributed by atoms with Crippen molar-refractivity contribution in [2.24, 2.45) is 0 Å². The molecule has 0 spiro atoms. The second kappa shape index (κ2) is 7.69. The highest BCUT2D eigenvalue weighted by Gasteiger charge is 2.12. The van der Waals surface area contributed by atoms with Gasteiger partial charge in [0.15, 0.2) is 0 Å². The van der Waals surface area contributed by atoms with Gasteiger partial charge in [-0.2, -0.15) is 0 Å². The Bertz CT molecular complexity index is 113. The summed E-state index contributed by atoms with van der Waals surface area (Å²) in [5.74, 6) is 0. The molecule has 0 N–H and O–H groups in total. The second-order valence-corrected chi connectivity index (χ2v) is 3.28. The third-order valence-corrected chi connectivity index (χ3v) is 2.50. The first-order valence-electron chi connectivity index (χ1n) is 4.09. The normalized spacial score (nSPS) is 13.3. The van der Waals surface area contributed by atoms with Crippen LogP contribution in [0.25, 0.3) is 0 Å². The molecular formula is C8H17O3P. The van der Waals surface area contributed by atoms with Crippen molar-refractivity contribution < 1.29 is 13.6 Å². The Balaban J connectivity index is 3.68. The SMILES string of the molecule is C=C[C@@H](C)OP(OCC)OCC. The average molecular weight is 192 g/mol. The maximum Gasteiger partial charge on any atom is 0.333 e. The molecule has 1 atom stereocenters. The molecule has 4 heteroatoms. The van der Waals surface area contributed by atoms with E-state index in [4.69, 9.17) is 13.6 Å². The Morgan fingerprint density at radius 1 is 1.33 bits per heavy atom. The van der Waals surface area contributed by atoms with Crippen LogP contribution < -0.4 is 0 Å². The van der Waals surface area contributed by atoms with Gasteiger partial charge in [-0.05, 0) is 20.8 Å². The predicted octanol–water partition coefficient (Wildman–Crippen LogP) is 2.88. The van der Waals surface area contributed by atoms with Crippen LogP contribution >= 0.6 is 8.60 Å². The monoisotopic (exact) mass is 192 g/mol. The van der Waals surface area contributed by atoms with Crippen molar-refractivity contribution in [2.75, 3.05) is 13.2 Å². The highest BCUT2D eigenvalue weighted by molar-refractivity contribution is 7.41. The van der Waals surface area contributed by atoms with Crippen LogP contribution in [-0.4, -0.2) is 19.3 Å². The molecule has 12 heavy (non-hydrogen) atoms. The molecule has 0 unspecified atom stereocenters. The molecule has 0 fully saturated rings. The minimum absolute atomic E-state index is 0.0192. The zero-order valence-electron chi connectivity index (χ0n) is 7.95. The van der Waals surface area contributed by atoms with Crippen LogP contribution in [0.4, 0.5) is 0 Å². The van der Waals surface area contributed by atoms with Crippen LogP contribution in [0.3, 0.4) is 0 Å². The van der Waals surface area contributed by atoms with Crippen molar-refractivity contribution in [2.45, 2.75) is 26.9 Å². The standard InChI is InChI=1S/C8H17O3P/c1-5-8(4)11-12(9-6-2)10-7-3/h5,8H,1,6-7H2,2-4H3/t8-/m1/s1. The van der Waals surface area contributed by atoms with Crippen molar-refractivity contribution in [3.05, 3.63) is 12.7 Å². The molecule has 0 aromatic heterocycles. The topological polar surface area (TPSA) is 27.7 Å². The molecule has 0 heterocycles. The molecule has 0 radical (unpaired) electrons. The van der Waals surface area contributed by atoms with E-state index in [1.165, 1.54) is 0 Å². The fourth-order valence-corrected chi connectivity index (χ4v) is 1.46. The Morgan fingerprint density at radius 2 is 1.83 bits per heavy atom. The van der Waals surface area contributed by atoms with Gasteiger partial charge in [0.25, 0.3) is 0 Å². The van der Waals surface area contributed by atoms with Gasteiger partial charge in [0.1, 0.15) is 0 Å². The summed E-state index contributed by atoms with van der Waals surface area (Å²) < 4.78 is 15.8. The molecular weight excluding hydrogens is 175 g/mol. The van der Waals surface area contributed by atoms with Gasteiger partial charge in [-0.3, -0.25) is 0 Å². The van der Waals surface area contributed by atoms with Crippen LogP contribution in [0.5, 0.6) is 0 Å². The summed E-state index contributed by atoms with van der Waals surface area (Å²) >= 11 is 0. The molecule has 0 rings (SSSR count). The second-order valence-electron chi connectivity index (χ2n) is 2.11. The lowest BCUT2D eigenvalue weighted by molar-refractivity contribution is 0.152. The predicted molar refractivity (Wildman–Crippen MR) is 50.9 cm³/mol. The largest absolute Gasteiger partial charge is 0.333 e. The zero-order chi connectivity index (χ0) is 9.40. The Labute approximate surface area is 75.7 Å². The molecule has 0 aromatic rings. The molecule has 0 aliphatic heterocycles. The smallest absolute Gasteiger partial charge is 0.313 e. The third-order valence-electron chi connectivity index (χ3n) is 1.05. The number of hydrogen-bond donors (Lipinski definition) is 0. The molecule has 0 aliphatic rings. The van der Waals surface area contributed by atoms with E-state index in [1.54, 1.807) is 6.08 Å². The summed E-state index contributed by atoms with van der Waals surface area (Å²) in [6, 6.07) is 0. The highest BCUT2D eigenvalue weighted by Crippen LogP contribution is 2.40. The van der Waals surface area contributed by atoms with Gasteiger partial charge in [-0.25, -0.2) is 0 Å². The molecule has 72 valence electrons. The van der Waals surface area contributed by atoms with Crippen LogP contribution in [0.2, 0.25) is 0 Å². The van der Waals surface area contributed by atoms with Crippen LogP contribution in [0.1, 0.15) is 20.8 Å². The van der Waals surface area contributed by atoms with E-state index in [2.05, 4.69) is 6.58 Å². The van der Waals surface area contributed by atoms with Crippen LogP contribution in [0.15, 0.2) is 12.7 Å². The van der Waals surface area contributed by atoms with Crippen molar-refractivity contribution in [1.82, 2.24) is 0 Å². The Morgan fingerprint density at radius 3 is 2.17 bits per heavy atom. The summed E-state index contributed by atoms with van der Waals surface area (Å²) in [6.45, 7) is 10.6. The molecule has 0 saturated carbocycles. The van der Waals surface area contributed by atoms with E-state index < -0.39 is 8.60 Å². The molecule has 0 aliphatic carbocycles. The van der Waals surface area contributed by atoms with Gasteiger partial charge in [0.05, 0.1) is 19.3 Å². The molecule has 3 nitrogen and oxygen atoms in total. The fraction of sp³-hybridized carbons (Fsp3) is 0.750. The van der Waals surface area contributed by atoms with Gasteiger partial charge in [-0.1, -0.05) is 6.08 Å². The fourth-order valence-electron chi connectivity index (χ4n) is 0.488. The lowest BCUT2D eigenvalue weighted by atomic mass is 10.4. The van der Waals surface area contributed by atoms with Gasteiger partial charge < -0.3 is 13.6 Å². The summed E-state index contributed by atoms with van der Waals surface area (Å²) in [4.78, 5) is 0. The maximum absolute atomic E-state index is 5.38. The van der Waals surface area contributed by atoms with E-state index in [9.17, 15) is 0 Å². The first-order valence-corrected chi connectivity index (χ1v) is 5.19. The lowest BCUT2D eigenvalue weighted by Gasteiger charge is -2.17. The molecule has 0 amide bonds.